The van der Waals surface area contributed by atoms with Gasteiger partial charge in [0.05, 0.1) is 28.8 Å². The molecule has 178 valence electrons. The molecule has 4 rings (SSSR count). The summed E-state index contributed by atoms with van der Waals surface area (Å²) in [7, 11) is 0. The number of ether oxygens (including phenoxy) is 1. The number of pyridine rings is 1. The average Bonchev–Trinajstić information content (AvgIpc) is 3.62. The Morgan fingerprint density at radius 1 is 1.21 bits per heavy atom. The lowest BCUT2D eigenvalue weighted by Crippen LogP contribution is -2.32. The molecule has 2 aromatic heterocycles. The molecule has 2 heterocycles. The van der Waals surface area contributed by atoms with Crippen LogP contribution in [0.2, 0.25) is 5.15 Å². The van der Waals surface area contributed by atoms with Crippen molar-refractivity contribution < 1.29 is 27.1 Å². The maximum atomic E-state index is 15.1. The Balaban J connectivity index is 1.73. The largest absolute Gasteiger partial charge is 0.480 e. The number of alkyl halides is 3. The highest BCUT2D eigenvalue weighted by molar-refractivity contribution is 6.33. The number of nitrogens with zero attached hydrogens (tertiary/aromatic N) is 3. The van der Waals surface area contributed by atoms with Gasteiger partial charge in [0.1, 0.15) is 11.6 Å². The summed E-state index contributed by atoms with van der Waals surface area (Å²) >= 11 is 6.03. The van der Waals surface area contributed by atoms with E-state index in [0.29, 0.717) is 11.5 Å². The zero-order chi connectivity index (χ0) is 24.6. The molecule has 1 aromatic carbocycles. The highest BCUT2D eigenvalue weighted by Crippen LogP contribution is 2.39. The molecule has 1 amide bonds. The molecular weight excluding hydrogens is 476 g/mol. The van der Waals surface area contributed by atoms with Crippen LogP contribution in [0, 0.1) is 12.7 Å². The highest BCUT2D eigenvalue weighted by atomic mass is 35.5. The monoisotopic (exact) mass is 494 g/mol. The maximum Gasteiger partial charge on any atom is 0.425 e. The zero-order valence-electron chi connectivity index (χ0n) is 18.1. The summed E-state index contributed by atoms with van der Waals surface area (Å²) in [5, 5.41) is 2.45. The topological polar surface area (TPSA) is 77.0 Å². The van der Waals surface area contributed by atoms with Gasteiger partial charge in [-0.1, -0.05) is 11.6 Å². The van der Waals surface area contributed by atoms with Gasteiger partial charge in [-0.3, -0.25) is 14.8 Å². The first-order chi connectivity index (χ1) is 16.0. The molecule has 0 spiro atoms. The Hall–Kier alpha value is -3.27. The van der Waals surface area contributed by atoms with Crippen molar-refractivity contribution in [3.05, 3.63) is 64.6 Å². The number of aromatic nitrogens is 3. The van der Waals surface area contributed by atoms with Gasteiger partial charge in [-0.25, -0.2) is 9.37 Å². The average molecular weight is 495 g/mol. The van der Waals surface area contributed by atoms with E-state index in [0.717, 1.165) is 37.6 Å². The fourth-order valence-electron chi connectivity index (χ4n) is 3.21. The first kappa shape index (κ1) is 23.9. The first-order valence-electron chi connectivity index (χ1n) is 10.4. The molecule has 1 aliphatic carbocycles. The van der Waals surface area contributed by atoms with E-state index in [1.54, 1.807) is 13.0 Å². The van der Waals surface area contributed by atoms with E-state index >= 15 is 4.39 Å². The number of carbonyl (C=O) groups excluding carboxylic acids is 1. The number of hydrogen-bond donors (Lipinski definition) is 1. The molecule has 6 nitrogen and oxygen atoms in total. The van der Waals surface area contributed by atoms with Crippen molar-refractivity contribution >= 4 is 23.2 Å². The van der Waals surface area contributed by atoms with E-state index in [-0.39, 0.29) is 22.1 Å². The molecule has 3 aromatic rings. The predicted molar refractivity (Wildman–Crippen MR) is 117 cm³/mol. The van der Waals surface area contributed by atoms with Gasteiger partial charge >= 0.3 is 6.18 Å². The van der Waals surface area contributed by atoms with Gasteiger partial charge in [-0.15, -0.1) is 0 Å². The molecule has 0 unspecified atom stereocenters. The smallest absolute Gasteiger partial charge is 0.425 e. The standard InChI is InChI=1S/C23H19ClF4N4O2/c1-11-5-6-29-21(24)20(11)32-22(33)15-7-16(25)14(8-19(15)34-12(2)23(26,27)28)18-10-30-17(9-31-18)13-3-4-13/h5-10,12-13H,3-4H2,1-2H3,(H,32,33)/t12-/m0/s1. The number of carbonyl (C=O) groups is 1. The number of benzene rings is 1. The minimum absolute atomic E-state index is 0.0254. The second kappa shape index (κ2) is 9.17. The Morgan fingerprint density at radius 3 is 2.53 bits per heavy atom. The maximum absolute atomic E-state index is 15.1. The lowest BCUT2D eigenvalue weighted by molar-refractivity contribution is -0.189. The molecule has 1 aliphatic rings. The van der Waals surface area contributed by atoms with Gasteiger partial charge < -0.3 is 10.1 Å². The summed E-state index contributed by atoms with van der Waals surface area (Å²) in [6.45, 7) is 2.44. The molecule has 1 atom stereocenters. The lowest BCUT2D eigenvalue weighted by atomic mass is 10.1. The Morgan fingerprint density at radius 2 is 1.94 bits per heavy atom. The summed E-state index contributed by atoms with van der Waals surface area (Å²) < 4.78 is 59.7. The molecule has 0 radical (unpaired) electrons. The summed E-state index contributed by atoms with van der Waals surface area (Å²) in [4.78, 5) is 25.3. The second-order valence-electron chi connectivity index (χ2n) is 7.98. The van der Waals surface area contributed by atoms with Crippen LogP contribution in [0.5, 0.6) is 5.75 Å². The van der Waals surface area contributed by atoms with Crippen LogP contribution < -0.4 is 10.1 Å². The van der Waals surface area contributed by atoms with Gasteiger partial charge in [0.15, 0.2) is 11.3 Å². The van der Waals surface area contributed by atoms with Gasteiger partial charge in [0.2, 0.25) is 0 Å². The van der Waals surface area contributed by atoms with Gasteiger partial charge in [-0.2, -0.15) is 13.2 Å². The molecule has 11 heteroatoms. The van der Waals surface area contributed by atoms with E-state index in [4.69, 9.17) is 16.3 Å². The molecule has 0 aliphatic heterocycles. The molecule has 1 saturated carbocycles. The van der Waals surface area contributed by atoms with Crippen molar-refractivity contribution in [2.45, 2.75) is 44.9 Å². The SMILES string of the molecule is Cc1ccnc(Cl)c1NC(=O)c1cc(F)c(-c2cnc(C3CC3)cn2)cc1O[C@@H](C)C(F)(F)F. The summed E-state index contributed by atoms with van der Waals surface area (Å²) in [5.74, 6) is -1.93. The quantitative estimate of drug-likeness (QED) is 0.331. The van der Waals surface area contributed by atoms with Crippen LogP contribution in [-0.4, -0.2) is 33.1 Å². The number of anilines is 1. The first-order valence-corrected chi connectivity index (χ1v) is 10.7. The third-order valence-corrected chi connectivity index (χ3v) is 5.66. The predicted octanol–water partition coefficient (Wildman–Crippen LogP) is 6.10. The van der Waals surface area contributed by atoms with Crippen LogP contribution in [-0.2, 0) is 0 Å². The van der Waals surface area contributed by atoms with Crippen molar-refractivity contribution in [2.75, 3.05) is 5.32 Å². The lowest BCUT2D eigenvalue weighted by Gasteiger charge is -2.21. The van der Waals surface area contributed by atoms with Crippen molar-refractivity contribution in [2.24, 2.45) is 0 Å². The fourth-order valence-corrected chi connectivity index (χ4v) is 3.46. The summed E-state index contributed by atoms with van der Waals surface area (Å²) in [5.41, 5.74) is 0.985. The number of nitrogens with one attached hydrogen (secondary N) is 1. The summed E-state index contributed by atoms with van der Waals surface area (Å²) in [6, 6.07) is 3.41. The van der Waals surface area contributed by atoms with Gasteiger partial charge in [0.25, 0.3) is 5.91 Å². The van der Waals surface area contributed by atoms with E-state index in [2.05, 4.69) is 20.3 Å². The fraction of sp³-hybridized carbons (Fsp3) is 0.304. The zero-order valence-corrected chi connectivity index (χ0v) is 18.8. The minimum atomic E-state index is -4.71. The normalized spacial score (nSPS) is 14.6. The number of rotatable bonds is 6. The Bertz CT molecular complexity index is 1210. The number of amides is 1. The number of aryl methyl sites for hydroxylation is 1. The van der Waals surface area contributed by atoms with Crippen molar-refractivity contribution in [3.8, 4) is 17.0 Å². The van der Waals surface area contributed by atoms with E-state index in [1.165, 1.54) is 18.6 Å². The molecule has 1 fully saturated rings. The molecular formula is C23H19ClF4N4O2. The number of hydrogen-bond acceptors (Lipinski definition) is 5. The van der Waals surface area contributed by atoms with Gasteiger partial charge in [0, 0.05) is 23.9 Å². The van der Waals surface area contributed by atoms with Crippen molar-refractivity contribution in [1.82, 2.24) is 15.0 Å². The molecule has 34 heavy (non-hydrogen) atoms. The van der Waals surface area contributed by atoms with Crippen LogP contribution in [0.25, 0.3) is 11.3 Å². The van der Waals surface area contributed by atoms with E-state index in [1.807, 2.05) is 0 Å². The van der Waals surface area contributed by atoms with E-state index < -0.39 is 35.3 Å². The third kappa shape index (κ3) is 5.11. The van der Waals surface area contributed by atoms with Crippen LogP contribution in [0.4, 0.5) is 23.2 Å². The third-order valence-electron chi connectivity index (χ3n) is 5.37. The Labute approximate surface area is 197 Å². The molecule has 0 saturated heterocycles. The minimum Gasteiger partial charge on any atom is -0.480 e. The van der Waals surface area contributed by atoms with Gasteiger partial charge in [-0.05, 0) is 50.5 Å². The van der Waals surface area contributed by atoms with Crippen LogP contribution in [0.3, 0.4) is 0 Å². The second-order valence-corrected chi connectivity index (χ2v) is 8.34. The van der Waals surface area contributed by atoms with Crippen LogP contribution >= 0.6 is 11.6 Å². The van der Waals surface area contributed by atoms with Crippen LogP contribution in [0.1, 0.15) is 47.3 Å². The Kier molecular flexibility index (Phi) is 6.44. The van der Waals surface area contributed by atoms with Crippen molar-refractivity contribution in [1.29, 1.82) is 0 Å². The van der Waals surface area contributed by atoms with E-state index in [9.17, 15) is 18.0 Å². The highest BCUT2D eigenvalue weighted by Gasteiger charge is 2.39. The number of halogens is 5. The summed E-state index contributed by atoms with van der Waals surface area (Å²) in [6.07, 6.45) is -0.682. The van der Waals surface area contributed by atoms with Crippen molar-refractivity contribution in [3.63, 3.8) is 0 Å². The molecule has 0 bridgehead atoms. The molecule has 1 N–H and O–H groups in total. The van der Waals surface area contributed by atoms with Crippen LogP contribution in [0.15, 0.2) is 36.8 Å².